The minimum absolute atomic E-state index is 0.0950. The summed E-state index contributed by atoms with van der Waals surface area (Å²) in [6.07, 6.45) is 0. The number of rotatable bonds is 5. The van der Waals surface area contributed by atoms with Gasteiger partial charge in [0.2, 0.25) is 0 Å². The van der Waals surface area contributed by atoms with Gasteiger partial charge in [-0.2, -0.15) is 0 Å². The third-order valence-corrected chi connectivity index (χ3v) is 3.29. The van der Waals surface area contributed by atoms with E-state index in [1.165, 1.54) is 23.1 Å². The molecule has 104 valence electrons. The lowest BCUT2D eigenvalue weighted by atomic mass is 10.1. The van der Waals surface area contributed by atoms with Crippen molar-refractivity contribution >= 4 is 27.5 Å². The molecule has 0 bridgehead atoms. The largest absolute Gasteiger partial charge is 0.395 e. The monoisotopic (exact) mass is 330 g/mol. The summed E-state index contributed by atoms with van der Waals surface area (Å²) in [6.45, 7) is 3.69. The standard InChI is InChI=1S/C12H15BrN2O4/c1-8(2)14(5-6-16)12(17)9-3-4-10(13)11(7-9)15(18)19/h3-4,7-8,16H,5-6H2,1-2H3. The Labute approximate surface area is 119 Å². The number of nitro groups is 1. The van der Waals surface area contributed by atoms with Crippen LogP contribution < -0.4 is 0 Å². The maximum Gasteiger partial charge on any atom is 0.284 e. The molecule has 0 saturated carbocycles. The Balaban J connectivity index is 3.11. The summed E-state index contributed by atoms with van der Waals surface area (Å²) in [7, 11) is 0. The van der Waals surface area contributed by atoms with Crippen molar-refractivity contribution in [1.82, 2.24) is 4.90 Å². The van der Waals surface area contributed by atoms with E-state index in [9.17, 15) is 14.9 Å². The molecule has 7 heteroatoms. The number of carbonyl (C=O) groups is 1. The summed E-state index contributed by atoms with van der Waals surface area (Å²) >= 11 is 3.07. The molecule has 0 spiro atoms. The lowest BCUT2D eigenvalue weighted by molar-refractivity contribution is -0.385. The van der Waals surface area contributed by atoms with Gasteiger partial charge in [-0.3, -0.25) is 14.9 Å². The first-order valence-corrected chi connectivity index (χ1v) is 6.53. The molecule has 0 unspecified atom stereocenters. The van der Waals surface area contributed by atoms with Crippen LogP contribution in [0, 0.1) is 10.1 Å². The van der Waals surface area contributed by atoms with Gasteiger partial charge in [0.15, 0.2) is 0 Å². The lowest BCUT2D eigenvalue weighted by Gasteiger charge is -2.25. The SMILES string of the molecule is CC(C)N(CCO)C(=O)c1ccc(Br)c([N+](=O)[O-])c1. The van der Waals surface area contributed by atoms with Gasteiger partial charge in [-0.1, -0.05) is 0 Å². The number of aliphatic hydroxyl groups is 1. The van der Waals surface area contributed by atoms with Crippen molar-refractivity contribution in [2.24, 2.45) is 0 Å². The maximum absolute atomic E-state index is 12.2. The summed E-state index contributed by atoms with van der Waals surface area (Å²) in [5, 5.41) is 19.8. The highest BCUT2D eigenvalue weighted by Crippen LogP contribution is 2.26. The van der Waals surface area contributed by atoms with E-state index in [4.69, 9.17) is 5.11 Å². The quantitative estimate of drug-likeness (QED) is 0.662. The van der Waals surface area contributed by atoms with Crippen LogP contribution in [0.3, 0.4) is 0 Å². The average Bonchev–Trinajstić information content (AvgIpc) is 2.35. The second kappa shape index (κ2) is 6.63. The highest BCUT2D eigenvalue weighted by atomic mass is 79.9. The van der Waals surface area contributed by atoms with Crippen LogP contribution in [0.15, 0.2) is 22.7 Å². The Bertz CT molecular complexity index is 491. The molecule has 0 aliphatic heterocycles. The number of carbonyl (C=O) groups excluding carboxylic acids is 1. The lowest BCUT2D eigenvalue weighted by Crippen LogP contribution is -2.39. The van der Waals surface area contributed by atoms with Crippen LogP contribution in [0.25, 0.3) is 0 Å². The summed E-state index contributed by atoms with van der Waals surface area (Å²) in [5.74, 6) is -0.334. The molecular formula is C12H15BrN2O4. The number of halogens is 1. The van der Waals surface area contributed by atoms with Crippen LogP contribution in [-0.2, 0) is 0 Å². The molecule has 1 aromatic rings. The first-order chi connectivity index (χ1) is 8.88. The number of amides is 1. The van der Waals surface area contributed by atoms with Crippen molar-refractivity contribution in [3.05, 3.63) is 38.3 Å². The number of nitrogens with zero attached hydrogens (tertiary/aromatic N) is 2. The molecule has 0 radical (unpaired) electrons. The van der Waals surface area contributed by atoms with Crippen molar-refractivity contribution < 1.29 is 14.8 Å². The average molecular weight is 331 g/mol. The van der Waals surface area contributed by atoms with Crippen molar-refractivity contribution in [1.29, 1.82) is 0 Å². The maximum atomic E-state index is 12.2. The molecule has 0 atom stereocenters. The van der Waals surface area contributed by atoms with E-state index in [1.807, 2.05) is 13.8 Å². The van der Waals surface area contributed by atoms with Crippen LogP contribution >= 0.6 is 15.9 Å². The van der Waals surface area contributed by atoms with Crippen molar-refractivity contribution in [2.75, 3.05) is 13.2 Å². The number of hydrogen-bond donors (Lipinski definition) is 1. The fraction of sp³-hybridized carbons (Fsp3) is 0.417. The van der Waals surface area contributed by atoms with Gasteiger partial charge in [-0.05, 0) is 41.9 Å². The van der Waals surface area contributed by atoms with Crippen molar-refractivity contribution in [3.63, 3.8) is 0 Å². The van der Waals surface area contributed by atoms with E-state index in [1.54, 1.807) is 0 Å². The second-order valence-electron chi connectivity index (χ2n) is 4.24. The first-order valence-electron chi connectivity index (χ1n) is 5.74. The number of nitro benzene ring substituents is 1. The predicted molar refractivity (Wildman–Crippen MR) is 74.1 cm³/mol. The van der Waals surface area contributed by atoms with E-state index in [2.05, 4.69) is 15.9 Å². The van der Waals surface area contributed by atoms with Gasteiger partial charge in [-0.25, -0.2) is 0 Å². The fourth-order valence-corrected chi connectivity index (χ4v) is 2.04. The summed E-state index contributed by atoms with van der Waals surface area (Å²) < 4.78 is 0.326. The Hall–Kier alpha value is -1.47. The molecule has 0 aromatic heterocycles. The van der Waals surface area contributed by atoms with Crippen molar-refractivity contribution in [2.45, 2.75) is 19.9 Å². The van der Waals surface area contributed by atoms with E-state index in [-0.39, 0.29) is 36.4 Å². The molecule has 0 heterocycles. The summed E-state index contributed by atoms with van der Waals surface area (Å²) in [5.41, 5.74) is 0.0793. The molecule has 1 aromatic carbocycles. The Morgan fingerprint density at radius 2 is 2.16 bits per heavy atom. The van der Waals surface area contributed by atoms with E-state index < -0.39 is 4.92 Å². The van der Waals surface area contributed by atoms with E-state index >= 15 is 0 Å². The molecule has 0 saturated heterocycles. The van der Waals surface area contributed by atoms with Gasteiger partial charge >= 0.3 is 0 Å². The van der Waals surface area contributed by atoms with Gasteiger partial charge < -0.3 is 10.0 Å². The van der Waals surface area contributed by atoms with Crippen LogP contribution in [0.4, 0.5) is 5.69 Å². The van der Waals surface area contributed by atoms with Crippen molar-refractivity contribution in [3.8, 4) is 0 Å². The Kier molecular flexibility index (Phi) is 5.44. The minimum atomic E-state index is -0.549. The number of aliphatic hydroxyl groups excluding tert-OH is 1. The fourth-order valence-electron chi connectivity index (χ4n) is 1.65. The van der Waals surface area contributed by atoms with Gasteiger partial charge in [0.25, 0.3) is 11.6 Å². The molecule has 0 fully saturated rings. The van der Waals surface area contributed by atoms with Crippen LogP contribution in [-0.4, -0.2) is 40.0 Å². The molecule has 6 nitrogen and oxygen atoms in total. The van der Waals surface area contributed by atoms with E-state index in [0.29, 0.717) is 4.47 Å². The van der Waals surface area contributed by atoms with Gasteiger partial charge in [0.05, 0.1) is 16.0 Å². The predicted octanol–water partition coefficient (Wildman–Crippen LogP) is 2.20. The molecule has 1 N–H and O–H groups in total. The highest BCUT2D eigenvalue weighted by molar-refractivity contribution is 9.10. The zero-order valence-corrected chi connectivity index (χ0v) is 12.3. The molecule has 1 rings (SSSR count). The Morgan fingerprint density at radius 3 is 2.63 bits per heavy atom. The zero-order valence-electron chi connectivity index (χ0n) is 10.7. The molecule has 1 amide bonds. The molecule has 19 heavy (non-hydrogen) atoms. The normalized spacial score (nSPS) is 10.6. The van der Waals surface area contributed by atoms with Crippen LogP contribution in [0.2, 0.25) is 0 Å². The first kappa shape index (κ1) is 15.6. The topological polar surface area (TPSA) is 83.7 Å². The smallest absolute Gasteiger partial charge is 0.284 e. The Morgan fingerprint density at radius 1 is 1.53 bits per heavy atom. The van der Waals surface area contributed by atoms with E-state index in [0.717, 1.165) is 0 Å². The second-order valence-corrected chi connectivity index (χ2v) is 5.09. The van der Waals surface area contributed by atoms with Gasteiger partial charge in [0, 0.05) is 24.2 Å². The zero-order chi connectivity index (χ0) is 14.6. The molecular weight excluding hydrogens is 316 g/mol. The van der Waals surface area contributed by atoms with Crippen LogP contribution in [0.5, 0.6) is 0 Å². The van der Waals surface area contributed by atoms with Crippen LogP contribution in [0.1, 0.15) is 24.2 Å². The summed E-state index contributed by atoms with van der Waals surface area (Å²) in [6, 6.07) is 4.14. The third-order valence-electron chi connectivity index (χ3n) is 2.61. The summed E-state index contributed by atoms with van der Waals surface area (Å²) in [4.78, 5) is 24.0. The van der Waals surface area contributed by atoms with Gasteiger partial charge in [0.1, 0.15) is 0 Å². The molecule has 0 aliphatic carbocycles. The number of hydrogen-bond acceptors (Lipinski definition) is 4. The van der Waals surface area contributed by atoms with Gasteiger partial charge in [-0.15, -0.1) is 0 Å². The third kappa shape index (κ3) is 3.74. The molecule has 0 aliphatic rings. The highest BCUT2D eigenvalue weighted by Gasteiger charge is 2.21. The number of benzene rings is 1. The minimum Gasteiger partial charge on any atom is -0.395 e.